The standard InChI is InChI=1S/C19H18ClN9O/c1-12(30)25-8-4-7-16(25)14-10-26(24-23-14)27-11-22-18-13-5-2-3-6-15(13)28-17(29(18)27)9-21-19(28)20/h2-3,5-6,9-10,16H,4,7-8,11H2,1H3. The number of likely N-dealkylation sites (tertiary alicyclic amines) is 1. The van der Waals surface area contributed by atoms with Crippen molar-refractivity contribution in [1.29, 1.82) is 0 Å². The summed E-state index contributed by atoms with van der Waals surface area (Å²) in [5.74, 6) is 1.64. The minimum atomic E-state index is -0.0405. The Kier molecular flexibility index (Phi) is 3.66. The van der Waals surface area contributed by atoms with Gasteiger partial charge in [-0.1, -0.05) is 12.1 Å². The van der Waals surface area contributed by atoms with Crippen LogP contribution in [0.5, 0.6) is 0 Å². The summed E-state index contributed by atoms with van der Waals surface area (Å²) in [6.45, 7) is 2.72. The predicted molar refractivity (Wildman–Crippen MR) is 110 cm³/mol. The van der Waals surface area contributed by atoms with Gasteiger partial charge in [0.1, 0.15) is 5.69 Å². The van der Waals surface area contributed by atoms with Crippen molar-refractivity contribution < 1.29 is 4.79 Å². The zero-order chi connectivity index (χ0) is 20.4. The number of hydrogen-bond acceptors (Lipinski definition) is 7. The fourth-order valence-corrected chi connectivity index (χ4v) is 4.71. The second-order valence-corrected chi connectivity index (χ2v) is 7.82. The van der Waals surface area contributed by atoms with Crippen LogP contribution >= 0.6 is 11.6 Å². The highest BCUT2D eigenvalue weighted by molar-refractivity contribution is 6.29. The first-order chi connectivity index (χ1) is 14.6. The van der Waals surface area contributed by atoms with E-state index >= 15 is 0 Å². The molecule has 1 saturated heterocycles. The molecule has 3 aromatic rings. The van der Waals surface area contributed by atoms with Crippen molar-refractivity contribution in [2.24, 2.45) is 4.99 Å². The number of carbonyl (C=O) groups is 1. The normalized spacial score (nSPS) is 19.6. The zero-order valence-corrected chi connectivity index (χ0v) is 16.9. The highest BCUT2D eigenvalue weighted by Gasteiger charge is 2.39. The number of amides is 1. The Hall–Kier alpha value is -3.40. The lowest BCUT2D eigenvalue weighted by Crippen LogP contribution is -2.51. The highest BCUT2D eigenvalue weighted by atomic mass is 35.5. The van der Waals surface area contributed by atoms with Crippen LogP contribution in [0.15, 0.2) is 41.7 Å². The molecule has 0 saturated carbocycles. The highest BCUT2D eigenvalue weighted by Crippen LogP contribution is 2.37. The number of amidine groups is 1. The molecule has 5 heterocycles. The molecule has 30 heavy (non-hydrogen) atoms. The maximum atomic E-state index is 11.9. The number of fused-ring (bicyclic) bond motifs is 6. The number of aliphatic imine (C=N–C) groups is 1. The zero-order valence-electron chi connectivity index (χ0n) is 16.2. The number of imidazole rings is 1. The van der Waals surface area contributed by atoms with Crippen molar-refractivity contribution in [2.75, 3.05) is 23.3 Å². The molecule has 3 aliphatic rings. The molecular weight excluding hydrogens is 406 g/mol. The molecule has 1 fully saturated rings. The SMILES string of the molecule is CC(=O)N1CCCC1c1cn(N2CN=C3c4ccccc4-n4c(cnc4Cl)N32)nn1. The number of halogens is 1. The van der Waals surface area contributed by atoms with Gasteiger partial charge >= 0.3 is 0 Å². The van der Waals surface area contributed by atoms with Crippen LogP contribution in [0.2, 0.25) is 5.28 Å². The molecule has 1 amide bonds. The lowest BCUT2D eigenvalue weighted by Gasteiger charge is -2.34. The summed E-state index contributed by atoms with van der Waals surface area (Å²) in [7, 11) is 0. The first-order valence-corrected chi connectivity index (χ1v) is 10.2. The number of nitrogens with zero attached hydrogens (tertiary/aromatic N) is 9. The van der Waals surface area contributed by atoms with Crippen LogP contribution in [0, 0.1) is 0 Å². The third kappa shape index (κ3) is 2.34. The van der Waals surface area contributed by atoms with E-state index in [2.05, 4.69) is 15.3 Å². The summed E-state index contributed by atoms with van der Waals surface area (Å²) in [5.41, 5.74) is 2.68. The van der Waals surface area contributed by atoms with E-state index in [0.29, 0.717) is 12.0 Å². The van der Waals surface area contributed by atoms with Crippen LogP contribution in [0.3, 0.4) is 0 Å². The van der Waals surface area contributed by atoms with Gasteiger partial charge in [0.05, 0.1) is 24.1 Å². The van der Waals surface area contributed by atoms with E-state index in [1.165, 1.54) is 0 Å². The van der Waals surface area contributed by atoms with Crippen molar-refractivity contribution in [2.45, 2.75) is 25.8 Å². The van der Waals surface area contributed by atoms with Crippen molar-refractivity contribution in [3.05, 3.63) is 53.2 Å². The summed E-state index contributed by atoms with van der Waals surface area (Å²) in [4.78, 5) is 24.5. The van der Waals surface area contributed by atoms with Crippen LogP contribution < -0.4 is 10.1 Å². The number of carbonyl (C=O) groups excluding carboxylic acids is 1. The molecule has 6 rings (SSSR count). The molecule has 152 valence electrons. The van der Waals surface area contributed by atoms with E-state index in [9.17, 15) is 4.79 Å². The molecule has 1 atom stereocenters. The van der Waals surface area contributed by atoms with Crippen LogP contribution in [-0.2, 0) is 4.79 Å². The average molecular weight is 424 g/mol. The Labute approximate surface area is 176 Å². The van der Waals surface area contributed by atoms with Gasteiger partial charge in [-0.15, -0.1) is 9.89 Å². The smallest absolute Gasteiger partial charge is 0.220 e. The van der Waals surface area contributed by atoms with Gasteiger partial charge in [-0.3, -0.25) is 9.36 Å². The van der Waals surface area contributed by atoms with Gasteiger partial charge in [-0.2, -0.15) is 10.1 Å². The molecular formula is C19H18ClN9O. The van der Waals surface area contributed by atoms with Gasteiger partial charge in [0.25, 0.3) is 0 Å². The minimum absolute atomic E-state index is 0.0405. The van der Waals surface area contributed by atoms with E-state index in [1.54, 1.807) is 17.9 Å². The van der Waals surface area contributed by atoms with Gasteiger partial charge in [0.2, 0.25) is 11.2 Å². The number of rotatable bonds is 2. The molecule has 0 spiro atoms. The maximum Gasteiger partial charge on any atom is 0.220 e. The predicted octanol–water partition coefficient (Wildman–Crippen LogP) is 1.89. The molecule has 3 aliphatic heterocycles. The Balaban J connectivity index is 1.39. The van der Waals surface area contributed by atoms with Crippen LogP contribution in [0.4, 0.5) is 5.82 Å². The van der Waals surface area contributed by atoms with Crippen molar-refractivity contribution in [3.8, 4) is 5.69 Å². The Morgan fingerprint density at radius 1 is 1.27 bits per heavy atom. The van der Waals surface area contributed by atoms with Crippen LogP contribution in [-0.4, -0.2) is 54.5 Å². The average Bonchev–Trinajstić information content (AvgIpc) is 3.52. The van der Waals surface area contributed by atoms with Gasteiger partial charge in [-0.05, 0) is 41.8 Å². The topological polar surface area (TPSA) is 87.7 Å². The minimum Gasteiger partial charge on any atom is -0.334 e. The summed E-state index contributed by atoms with van der Waals surface area (Å²) in [6, 6.07) is 7.91. The van der Waals surface area contributed by atoms with Crippen LogP contribution in [0.25, 0.3) is 5.69 Å². The van der Waals surface area contributed by atoms with Gasteiger partial charge in [0, 0.05) is 19.0 Å². The lowest BCUT2D eigenvalue weighted by molar-refractivity contribution is -0.129. The van der Waals surface area contributed by atoms with E-state index in [-0.39, 0.29) is 11.9 Å². The van der Waals surface area contributed by atoms with E-state index in [0.717, 1.165) is 48.0 Å². The van der Waals surface area contributed by atoms with Gasteiger partial charge < -0.3 is 4.90 Å². The number of aromatic nitrogens is 5. The molecule has 0 bridgehead atoms. The number of benzene rings is 1. The Morgan fingerprint density at radius 3 is 3.00 bits per heavy atom. The van der Waals surface area contributed by atoms with E-state index in [1.807, 2.05) is 50.1 Å². The number of para-hydroxylation sites is 1. The fourth-order valence-electron chi connectivity index (χ4n) is 4.49. The largest absolute Gasteiger partial charge is 0.334 e. The lowest BCUT2D eigenvalue weighted by atomic mass is 10.1. The monoisotopic (exact) mass is 423 g/mol. The van der Waals surface area contributed by atoms with E-state index < -0.39 is 0 Å². The molecule has 1 unspecified atom stereocenters. The summed E-state index contributed by atoms with van der Waals surface area (Å²) in [6.07, 6.45) is 5.44. The van der Waals surface area contributed by atoms with Gasteiger partial charge in [-0.25, -0.2) is 9.98 Å². The third-order valence-electron chi connectivity index (χ3n) is 5.82. The van der Waals surface area contributed by atoms with Crippen molar-refractivity contribution in [1.82, 2.24) is 29.6 Å². The van der Waals surface area contributed by atoms with Crippen molar-refractivity contribution in [3.63, 3.8) is 0 Å². The Morgan fingerprint density at radius 2 is 2.13 bits per heavy atom. The number of hydrazine groups is 1. The van der Waals surface area contributed by atoms with Crippen LogP contribution in [0.1, 0.15) is 37.1 Å². The fraction of sp³-hybridized carbons (Fsp3) is 0.316. The third-order valence-corrected chi connectivity index (χ3v) is 6.08. The summed E-state index contributed by atoms with van der Waals surface area (Å²) < 4.78 is 1.89. The molecule has 1 aromatic carbocycles. The quantitative estimate of drug-likeness (QED) is 0.625. The molecule has 10 nitrogen and oxygen atoms in total. The number of anilines is 1. The second kappa shape index (κ2) is 6.30. The first-order valence-electron chi connectivity index (χ1n) is 9.78. The maximum absolute atomic E-state index is 11.9. The first kappa shape index (κ1) is 17.5. The second-order valence-electron chi connectivity index (χ2n) is 7.48. The van der Waals surface area contributed by atoms with Gasteiger partial charge in [0.15, 0.2) is 18.3 Å². The Bertz CT molecular complexity index is 1200. The molecule has 0 aliphatic carbocycles. The number of hydrogen-bond donors (Lipinski definition) is 0. The van der Waals surface area contributed by atoms with Crippen molar-refractivity contribution >= 4 is 29.2 Å². The van der Waals surface area contributed by atoms with E-state index in [4.69, 9.17) is 16.6 Å². The summed E-state index contributed by atoms with van der Waals surface area (Å²) >= 11 is 6.40. The molecule has 11 heteroatoms. The molecule has 0 N–H and O–H groups in total. The molecule has 2 aromatic heterocycles. The summed E-state index contributed by atoms with van der Waals surface area (Å²) in [5, 5.41) is 12.9. The molecule has 0 radical (unpaired) electrons.